The average Bonchev–Trinajstić information content (AvgIpc) is 3.29. The van der Waals surface area contributed by atoms with Gasteiger partial charge in [-0.05, 0) is 36.2 Å². The van der Waals surface area contributed by atoms with Crippen LogP contribution in [-0.2, 0) is 19.4 Å². The molecule has 0 saturated heterocycles. The number of hydrogen-bond acceptors (Lipinski definition) is 4. The third-order valence-corrected chi connectivity index (χ3v) is 5.30. The molecule has 2 aromatic heterocycles. The minimum absolute atomic E-state index is 0.0651. The number of halogens is 1. The Morgan fingerprint density at radius 1 is 1.25 bits per heavy atom. The van der Waals surface area contributed by atoms with E-state index in [0.29, 0.717) is 12.2 Å². The zero-order chi connectivity index (χ0) is 19.3. The Morgan fingerprint density at radius 2 is 2.11 bits per heavy atom. The number of aromatic nitrogens is 4. The Labute approximate surface area is 161 Å². The number of nitrogens with one attached hydrogen (secondary N) is 1. The molecule has 7 heteroatoms. The number of imidazole rings is 1. The molecule has 5 rings (SSSR count). The highest BCUT2D eigenvalue weighted by molar-refractivity contribution is 5.88. The van der Waals surface area contributed by atoms with Gasteiger partial charge in [-0.2, -0.15) is 0 Å². The molecule has 142 valence electrons. The second-order valence-electron chi connectivity index (χ2n) is 6.99. The zero-order valence-corrected chi connectivity index (χ0v) is 15.5. The number of rotatable bonds is 3. The minimum atomic E-state index is -0.492. The van der Waals surface area contributed by atoms with Crippen molar-refractivity contribution in [1.29, 1.82) is 0 Å². The second kappa shape index (κ2) is 6.45. The van der Waals surface area contributed by atoms with Crippen molar-refractivity contribution in [2.45, 2.75) is 26.3 Å². The molecule has 28 heavy (non-hydrogen) atoms. The molecule has 0 atom stereocenters. The van der Waals surface area contributed by atoms with Crippen LogP contribution in [0.15, 0.2) is 42.7 Å². The summed E-state index contributed by atoms with van der Waals surface area (Å²) in [6.45, 7) is 3.53. The van der Waals surface area contributed by atoms with Gasteiger partial charge < -0.3 is 10.4 Å². The quantitative estimate of drug-likeness (QED) is 0.575. The molecular formula is C21H20FN5O. The van der Waals surface area contributed by atoms with Crippen molar-refractivity contribution >= 4 is 10.9 Å². The summed E-state index contributed by atoms with van der Waals surface area (Å²) in [5.74, 6) is 0.0756. The molecule has 0 fully saturated rings. The van der Waals surface area contributed by atoms with Crippen LogP contribution in [0, 0.1) is 5.82 Å². The van der Waals surface area contributed by atoms with Crippen LogP contribution < -0.4 is 5.32 Å². The minimum Gasteiger partial charge on any atom is -0.506 e. The fourth-order valence-electron chi connectivity index (χ4n) is 3.87. The molecule has 0 saturated carbocycles. The lowest BCUT2D eigenvalue weighted by molar-refractivity contribution is 0.462. The van der Waals surface area contributed by atoms with Gasteiger partial charge in [0.2, 0.25) is 0 Å². The fraction of sp³-hybridized carbons (Fsp3) is 0.238. The smallest absolute Gasteiger partial charge is 0.168 e. The van der Waals surface area contributed by atoms with E-state index in [2.05, 4.69) is 10.3 Å². The number of nitrogens with zero attached hydrogens (tertiary/aromatic N) is 4. The van der Waals surface area contributed by atoms with Crippen LogP contribution >= 0.6 is 0 Å². The van der Waals surface area contributed by atoms with Crippen LogP contribution in [0.4, 0.5) is 4.39 Å². The van der Waals surface area contributed by atoms with Gasteiger partial charge in [0.05, 0.1) is 11.2 Å². The zero-order valence-electron chi connectivity index (χ0n) is 15.5. The molecule has 0 amide bonds. The number of aryl methyl sites for hydroxylation is 1. The first kappa shape index (κ1) is 16.9. The Morgan fingerprint density at radius 3 is 2.93 bits per heavy atom. The van der Waals surface area contributed by atoms with Crippen LogP contribution in [0.2, 0.25) is 0 Å². The lowest BCUT2D eigenvalue weighted by atomic mass is 10.1. The Hall–Kier alpha value is -3.19. The number of phenols is 1. The van der Waals surface area contributed by atoms with Crippen molar-refractivity contribution in [2.75, 3.05) is 6.54 Å². The van der Waals surface area contributed by atoms with Crippen molar-refractivity contribution in [3.8, 4) is 17.3 Å². The Bertz CT molecular complexity index is 1170. The summed E-state index contributed by atoms with van der Waals surface area (Å²) in [5.41, 5.74) is 3.65. The average molecular weight is 377 g/mol. The van der Waals surface area contributed by atoms with E-state index in [1.165, 1.54) is 10.7 Å². The third kappa shape index (κ3) is 2.51. The summed E-state index contributed by atoms with van der Waals surface area (Å²) in [6, 6.07) is 10.7. The molecule has 0 bridgehead atoms. The number of hydrogen-bond donors (Lipinski definition) is 2. The maximum Gasteiger partial charge on any atom is 0.168 e. The van der Waals surface area contributed by atoms with Crippen molar-refractivity contribution in [3.05, 3.63) is 65.5 Å². The number of fused-ring (bicyclic) bond motifs is 2. The molecule has 3 heterocycles. The maximum atomic E-state index is 14.9. The van der Waals surface area contributed by atoms with Crippen molar-refractivity contribution in [3.63, 3.8) is 0 Å². The van der Waals surface area contributed by atoms with Gasteiger partial charge >= 0.3 is 0 Å². The van der Waals surface area contributed by atoms with Gasteiger partial charge in [0.25, 0.3) is 0 Å². The predicted molar refractivity (Wildman–Crippen MR) is 105 cm³/mol. The van der Waals surface area contributed by atoms with E-state index in [9.17, 15) is 9.50 Å². The van der Waals surface area contributed by atoms with E-state index in [-0.39, 0.29) is 11.4 Å². The highest BCUT2D eigenvalue weighted by Gasteiger charge is 2.22. The van der Waals surface area contributed by atoms with Gasteiger partial charge in [-0.15, -0.1) is 5.10 Å². The summed E-state index contributed by atoms with van der Waals surface area (Å²) in [5, 5.41) is 19.4. The van der Waals surface area contributed by atoms with E-state index in [4.69, 9.17) is 5.10 Å². The third-order valence-electron chi connectivity index (χ3n) is 5.30. The van der Waals surface area contributed by atoms with Crippen molar-refractivity contribution in [1.82, 2.24) is 24.6 Å². The van der Waals surface area contributed by atoms with Crippen LogP contribution in [0.1, 0.15) is 23.9 Å². The second-order valence-corrected chi connectivity index (χ2v) is 6.99. The van der Waals surface area contributed by atoms with Gasteiger partial charge in [0.15, 0.2) is 11.6 Å². The van der Waals surface area contributed by atoms with Gasteiger partial charge in [-0.25, -0.2) is 14.1 Å². The number of para-hydroxylation sites is 1. The Kier molecular flexibility index (Phi) is 3.91. The van der Waals surface area contributed by atoms with Gasteiger partial charge in [0, 0.05) is 30.6 Å². The van der Waals surface area contributed by atoms with Crippen LogP contribution in [0.5, 0.6) is 5.75 Å². The fourth-order valence-corrected chi connectivity index (χ4v) is 3.87. The SMILES string of the molecule is CCc1cc(O)c(-n2nc(-n3cnc4c3CCNC4)c3ccccc32)c(F)c1. The van der Waals surface area contributed by atoms with Gasteiger partial charge in [-0.3, -0.25) is 4.57 Å². The Balaban J connectivity index is 1.76. The lowest BCUT2D eigenvalue weighted by Crippen LogP contribution is -2.24. The maximum absolute atomic E-state index is 14.9. The largest absolute Gasteiger partial charge is 0.506 e. The topological polar surface area (TPSA) is 67.9 Å². The van der Waals surface area contributed by atoms with E-state index >= 15 is 0 Å². The molecule has 2 N–H and O–H groups in total. The number of aromatic hydroxyl groups is 1. The van der Waals surface area contributed by atoms with Crippen LogP contribution in [-0.4, -0.2) is 31.0 Å². The van der Waals surface area contributed by atoms with Crippen molar-refractivity contribution < 1.29 is 9.50 Å². The summed E-state index contributed by atoms with van der Waals surface area (Å²) >= 11 is 0. The van der Waals surface area contributed by atoms with Crippen LogP contribution in [0.3, 0.4) is 0 Å². The molecule has 1 aliphatic rings. The lowest BCUT2D eigenvalue weighted by Gasteiger charge is -2.14. The van der Waals surface area contributed by atoms with Crippen LogP contribution in [0.25, 0.3) is 22.4 Å². The first-order valence-corrected chi connectivity index (χ1v) is 9.43. The first-order chi connectivity index (χ1) is 13.7. The van der Waals surface area contributed by atoms with Gasteiger partial charge in [-0.1, -0.05) is 19.1 Å². The predicted octanol–water partition coefficient (Wildman–Crippen LogP) is 3.26. The van der Waals surface area contributed by atoms with E-state index in [1.807, 2.05) is 35.8 Å². The summed E-state index contributed by atoms with van der Waals surface area (Å²) in [6.07, 6.45) is 3.26. The molecule has 0 radical (unpaired) electrons. The summed E-state index contributed by atoms with van der Waals surface area (Å²) in [7, 11) is 0. The highest BCUT2D eigenvalue weighted by atomic mass is 19.1. The molecule has 4 aromatic rings. The molecule has 0 spiro atoms. The summed E-state index contributed by atoms with van der Waals surface area (Å²) < 4.78 is 18.4. The normalized spacial score (nSPS) is 13.8. The van der Waals surface area contributed by atoms with Crippen molar-refractivity contribution in [2.24, 2.45) is 0 Å². The number of benzene rings is 2. The van der Waals surface area contributed by atoms with Gasteiger partial charge in [0.1, 0.15) is 17.8 Å². The molecule has 1 aliphatic heterocycles. The molecule has 0 aliphatic carbocycles. The highest BCUT2D eigenvalue weighted by Crippen LogP contribution is 2.32. The monoisotopic (exact) mass is 377 g/mol. The first-order valence-electron chi connectivity index (χ1n) is 9.43. The molecule has 2 aromatic carbocycles. The molecular weight excluding hydrogens is 357 g/mol. The van der Waals surface area contributed by atoms with E-state index in [0.717, 1.165) is 47.4 Å². The number of phenolic OH excluding ortho intramolecular Hbond substituents is 1. The van der Waals surface area contributed by atoms with E-state index < -0.39 is 5.82 Å². The standard InChI is InChI=1S/C21H20FN5O/c1-2-13-9-15(22)20(19(28)10-13)27-17-6-4-3-5-14(17)21(25-27)26-12-24-16-11-23-8-7-18(16)26/h3-6,9-10,12,23,28H,2,7-8,11H2,1H3. The molecule has 6 nitrogen and oxygen atoms in total. The van der Waals surface area contributed by atoms with E-state index in [1.54, 1.807) is 12.4 Å². The molecule has 0 unspecified atom stereocenters. The summed E-state index contributed by atoms with van der Waals surface area (Å²) in [4.78, 5) is 4.51.